The highest BCUT2D eigenvalue weighted by Gasteiger charge is 2.19. The molecule has 1 heterocycles. The van der Waals surface area contributed by atoms with Gasteiger partial charge in [0.1, 0.15) is 0 Å². The molecule has 4 nitrogen and oxygen atoms in total. The van der Waals surface area contributed by atoms with Crippen molar-refractivity contribution >= 4 is 5.91 Å². The third kappa shape index (κ3) is 4.64. The summed E-state index contributed by atoms with van der Waals surface area (Å²) in [6, 6.07) is 0. The quantitative estimate of drug-likeness (QED) is 0.700. The minimum Gasteiger partial charge on any atom is -0.392 e. The average Bonchev–Trinajstić information content (AvgIpc) is 2.84. The van der Waals surface area contributed by atoms with Crippen molar-refractivity contribution in [3.05, 3.63) is 0 Å². The van der Waals surface area contributed by atoms with Gasteiger partial charge in [0, 0.05) is 19.6 Å². The number of nitrogens with zero attached hydrogens (tertiary/aromatic N) is 1. The van der Waals surface area contributed by atoms with Gasteiger partial charge in [-0.15, -0.1) is 0 Å². The van der Waals surface area contributed by atoms with Gasteiger partial charge in [0.2, 0.25) is 5.91 Å². The number of amides is 1. The fourth-order valence-electron chi connectivity index (χ4n) is 2.40. The Balaban J connectivity index is 2.15. The number of likely N-dealkylation sites (tertiary alicyclic amines) is 1. The van der Waals surface area contributed by atoms with E-state index in [0.29, 0.717) is 19.0 Å². The Hall–Kier alpha value is -0.610. The van der Waals surface area contributed by atoms with Gasteiger partial charge in [-0.05, 0) is 18.8 Å². The summed E-state index contributed by atoms with van der Waals surface area (Å²) >= 11 is 0. The number of carbonyl (C=O) groups is 1. The van der Waals surface area contributed by atoms with Crippen LogP contribution in [0.15, 0.2) is 0 Å². The Morgan fingerprint density at radius 1 is 1.29 bits per heavy atom. The SMILES string of the molecule is CCC(CC)C(O)CNCC(=O)N1CCCC1. The predicted octanol–water partition coefficient (Wildman–Crippen LogP) is 0.995. The molecule has 1 saturated heterocycles. The summed E-state index contributed by atoms with van der Waals surface area (Å²) in [7, 11) is 0. The van der Waals surface area contributed by atoms with Crippen LogP contribution in [0.25, 0.3) is 0 Å². The normalized spacial score (nSPS) is 17.8. The lowest BCUT2D eigenvalue weighted by Gasteiger charge is -2.21. The smallest absolute Gasteiger partial charge is 0.236 e. The van der Waals surface area contributed by atoms with Crippen LogP contribution in [0.3, 0.4) is 0 Å². The van der Waals surface area contributed by atoms with Crippen molar-refractivity contribution in [2.75, 3.05) is 26.2 Å². The maximum atomic E-state index is 11.7. The highest BCUT2D eigenvalue weighted by atomic mass is 16.3. The molecule has 0 saturated carbocycles. The lowest BCUT2D eigenvalue weighted by molar-refractivity contribution is -0.129. The van der Waals surface area contributed by atoms with Crippen LogP contribution < -0.4 is 5.32 Å². The molecular formula is C13H26N2O2. The zero-order valence-corrected chi connectivity index (χ0v) is 11.1. The third-order valence-corrected chi connectivity index (χ3v) is 3.68. The first-order valence-electron chi connectivity index (χ1n) is 6.85. The molecule has 0 aliphatic carbocycles. The second-order valence-electron chi connectivity index (χ2n) is 4.86. The summed E-state index contributed by atoms with van der Waals surface area (Å²) in [5, 5.41) is 13.0. The first kappa shape index (κ1) is 14.5. The van der Waals surface area contributed by atoms with E-state index < -0.39 is 0 Å². The largest absolute Gasteiger partial charge is 0.392 e. The Morgan fingerprint density at radius 3 is 2.41 bits per heavy atom. The lowest BCUT2D eigenvalue weighted by atomic mass is 9.97. The molecule has 0 aromatic carbocycles. The number of nitrogens with one attached hydrogen (secondary N) is 1. The van der Waals surface area contributed by atoms with E-state index >= 15 is 0 Å². The van der Waals surface area contributed by atoms with Crippen LogP contribution in [0, 0.1) is 5.92 Å². The van der Waals surface area contributed by atoms with Crippen LogP contribution in [0.4, 0.5) is 0 Å². The minimum atomic E-state index is -0.337. The summed E-state index contributed by atoms with van der Waals surface area (Å²) in [6.07, 6.45) is 3.89. The van der Waals surface area contributed by atoms with Crippen molar-refractivity contribution in [1.82, 2.24) is 10.2 Å². The molecule has 0 aromatic rings. The van der Waals surface area contributed by atoms with E-state index in [2.05, 4.69) is 19.2 Å². The first-order chi connectivity index (χ1) is 8.19. The molecule has 2 N–H and O–H groups in total. The summed E-state index contributed by atoms with van der Waals surface area (Å²) < 4.78 is 0. The molecule has 1 unspecified atom stereocenters. The van der Waals surface area contributed by atoms with Gasteiger partial charge in [0.25, 0.3) is 0 Å². The van der Waals surface area contributed by atoms with Crippen molar-refractivity contribution < 1.29 is 9.90 Å². The molecule has 0 bridgehead atoms. The van der Waals surface area contributed by atoms with Gasteiger partial charge in [-0.3, -0.25) is 4.79 Å². The molecule has 4 heteroatoms. The Bertz CT molecular complexity index is 223. The number of hydrogen-bond acceptors (Lipinski definition) is 3. The molecule has 100 valence electrons. The fraction of sp³-hybridized carbons (Fsp3) is 0.923. The maximum absolute atomic E-state index is 11.7. The molecule has 1 aliphatic rings. The zero-order valence-electron chi connectivity index (χ0n) is 11.1. The molecule has 1 fully saturated rings. The number of hydrogen-bond donors (Lipinski definition) is 2. The van der Waals surface area contributed by atoms with Gasteiger partial charge in [0.15, 0.2) is 0 Å². The monoisotopic (exact) mass is 242 g/mol. The molecule has 0 spiro atoms. The Kier molecular flexibility index (Phi) is 6.52. The van der Waals surface area contributed by atoms with E-state index in [1.54, 1.807) is 0 Å². The molecular weight excluding hydrogens is 216 g/mol. The van der Waals surface area contributed by atoms with Gasteiger partial charge < -0.3 is 15.3 Å². The Morgan fingerprint density at radius 2 is 1.88 bits per heavy atom. The zero-order chi connectivity index (χ0) is 12.7. The summed E-state index contributed by atoms with van der Waals surface area (Å²) in [4.78, 5) is 13.6. The first-order valence-corrected chi connectivity index (χ1v) is 6.85. The summed E-state index contributed by atoms with van der Waals surface area (Å²) in [5.41, 5.74) is 0. The molecule has 1 aliphatic heterocycles. The van der Waals surface area contributed by atoms with Crippen LogP contribution in [0.5, 0.6) is 0 Å². The van der Waals surface area contributed by atoms with Gasteiger partial charge in [-0.25, -0.2) is 0 Å². The maximum Gasteiger partial charge on any atom is 0.236 e. The van der Waals surface area contributed by atoms with Crippen LogP contribution in [-0.2, 0) is 4.79 Å². The summed E-state index contributed by atoms with van der Waals surface area (Å²) in [5.74, 6) is 0.503. The van der Waals surface area contributed by atoms with Crippen LogP contribution in [0.2, 0.25) is 0 Å². The van der Waals surface area contributed by atoms with Crippen LogP contribution in [0.1, 0.15) is 39.5 Å². The second-order valence-corrected chi connectivity index (χ2v) is 4.86. The Labute approximate surface area is 104 Å². The van der Waals surface area contributed by atoms with E-state index in [4.69, 9.17) is 0 Å². The third-order valence-electron chi connectivity index (χ3n) is 3.68. The number of aliphatic hydroxyl groups is 1. The molecule has 0 radical (unpaired) electrons. The second kappa shape index (κ2) is 7.67. The fourth-order valence-corrected chi connectivity index (χ4v) is 2.40. The van der Waals surface area contributed by atoms with Gasteiger partial charge in [-0.1, -0.05) is 26.7 Å². The lowest BCUT2D eigenvalue weighted by Crippen LogP contribution is -2.40. The number of carbonyl (C=O) groups excluding carboxylic acids is 1. The van der Waals surface area contributed by atoms with Crippen LogP contribution >= 0.6 is 0 Å². The van der Waals surface area contributed by atoms with Gasteiger partial charge in [-0.2, -0.15) is 0 Å². The standard InChI is InChI=1S/C13H26N2O2/c1-3-11(4-2)12(16)9-14-10-13(17)15-7-5-6-8-15/h11-12,14,16H,3-10H2,1-2H3. The molecule has 1 atom stereocenters. The highest BCUT2D eigenvalue weighted by molar-refractivity contribution is 5.78. The van der Waals surface area contributed by atoms with Gasteiger partial charge >= 0.3 is 0 Å². The molecule has 1 rings (SSSR count). The molecule has 0 aromatic heterocycles. The van der Waals surface area contributed by atoms with E-state index in [1.807, 2.05) is 4.90 Å². The van der Waals surface area contributed by atoms with Crippen molar-refractivity contribution in [2.45, 2.75) is 45.6 Å². The predicted molar refractivity (Wildman–Crippen MR) is 68.8 cm³/mol. The van der Waals surface area contributed by atoms with E-state index in [0.717, 1.165) is 38.8 Å². The molecule has 17 heavy (non-hydrogen) atoms. The van der Waals surface area contributed by atoms with E-state index in [9.17, 15) is 9.90 Å². The van der Waals surface area contributed by atoms with E-state index in [1.165, 1.54) is 0 Å². The van der Waals surface area contributed by atoms with Crippen molar-refractivity contribution in [2.24, 2.45) is 5.92 Å². The average molecular weight is 242 g/mol. The minimum absolute atomic E-state index is 0.166. The van der Waals surface area contributed by atoms with E-state index in [-0.39, 0.29) is 12.0 Å². The topological polar surface area (TPSA) is 52.6 Å². The number of rotatable bonds is 7. The molecule has 1 amide bonds. The van der Waals surface area contributed by atoms with Crippen molar-refractivity contribution in [1.29, 1.82) is 0 Å². The van der Waals surface area contributed by atoms with Crippen molar-refractivity contribution in [3.63, 3.8) is 0 Å². The van der Waals surface area contributed by atoms with Crippen LogP contribution in [-0.4, -0.2) is 48.2 Å². The highest BCUT2D eigenvalue weighted by Crippen LogP contribution is 2.12. The van der Waals surface area contributed by atoms with Gasteiger partial charge in [0.05, 0.1) is 12.6 Å². The number of aliphatic hydroxyl groups excluding tert-OH is 1. The summed E-state index contributed by atoms with van der Waals surface area (Å²) in [6.45, 7) is 6.86. The van der Waals surface area contributed by atoms with Crippen molar-refractivity contribution in [3.8, 4) is 0 Å².